The Kier molecular flexibility index (Phi) is 3.79. The molecule has 1 aromatic carbocycles. The number of rotatable bonds is 3. The van der Waals surface area contributed by atoms with E-state index in [0.29, 0.717) is 6.04 Å². The van der Waals surface area contributed by atoms with E-state index in [1.54, 1.807) is 0 Å². The Morgan fingerprint density at radius 1 is 0.950 bits per heavy atom. The average molecular weight is 271 g/mol. The summed E-state index contributed by atoms with van der Waals surface area (Å²) in [4.78, 5) is 0. The quantitative estimate of drug-likeness (QED) is 0.780. The lowest BCUT2D eigenvalue weighted by Gasteiger charge is -2.32. The van der Waals surface area contributed by atoms with Gasteiger partial charge in [0, 0.05) is 11.7 Å². The summed E-state index contributed by atoms with van der Waals surface area (Å²) in [7, 11) is 0. The second-order valence-electron chi connectivity index (χ2n) is 7.90. The van der Waals surface area contributed by atoms with Crippen LogP contribution in [0.3, 0.4) is 0 Å². The Hall–Kier alpha value is -0.980. The van der Waals surface area contributed by atoms with Gasteiger partial charge in [-0.2, -0.15) is 0 Å². The minimum absolute atomic E-state index is 0.216. The van der Waals surface area contributed by atoms with Crippen LogP contribution in [0, 0.1) is 11.8 Å². The van der Waals surface area contributed by atoms with Crippen molar-refractivity contribution in [1.82, 2.24) is 0 Å². The zero-order chi connectivity index (χ0) is 14.2. The van der Waals surface area contributed by atoms with E-state index in [2.05, 4.69) is 50.4 Å². The van der Waals surface area contributed by atoms with Gasteiger partial charge >= 0.3 is 0 Å². The highest BCUT2D eigenvalue weighted by Crippen LogP contribution is 2.44. The minimum Gasteiger partial charge on any atom is -0.382 e. The Balaban J connectivity index is 1.71. The van der Waals surface area contributed by atoms with E-state index in [9.17, 15) is 0 Å². The van der Waals surface area contributed by atoms with Crippen LogP contribution in [0.1, 0.15) is 64.9 Å². The molecule has 2 fully saturated rings. The van der Waals surface area contributed by atoms with Crippen LogP contribution in [0.2, 0.25) is 0 Å². The van der Waals surface area contributed by atoms with E-state index in [4.69, 9.17) is 0 Å². The Morgan fingerprint density at radius 2 is 1.70 bits per heavy atom. The highest BCUT2D eigenvalue weighted by atomic mass is 14.9. The van der Waals surface area contributed by atoms with Gasteiger partial charge in [0.15, 0.2) is 0 Å². The highest BCUT2D eigenvalue weighted by molar-refractivity contribution is 5.54. The van der Waals surface area contributed by atoms with Crippen LogP contribution in [0.5, 0.6) is 0 Å². The van der Waals surface area contributed by atoms with Crippen molar-refractivity contribution in [3.63, 3.8) is 0 Å². The molecular weight excluding hydrogens is 242 g/mol. The van der Waals surface area contributed by atoms with Crippen molar-refractivity contribution >= 4 is 5.69 Å². The van der Waals surface area contributed by atoms with Crippen LogP contribution in [0.15, 0.2) is 24.3 Å². The standard InChI is InChI=1S/C19H29N/c1-19(2,3)17-9-4-5-10-18(17)20-16-8-6-7-15(13-16)14-11-12-14/h4-5,9-10,14-16,20H,6-8,11-13H2,1-3H3. The molecule has 110 valence electrons. The number of hydrogen-bond acceptors (Lipinski definition) is 1. The number of nitrogens with one attached hydrogen (secondary N) is 1. The molecule has 20 heavy (non-hydrogen) atoms. The first-order chi connectivity index (χ1) is 9.54. The van der Waals surface area contributed by atoms with Crippen LogP contribution in [-0.2, 0) is 5.41 Å². The SMILES string of the molecule is CC(C)(C)c1ccccc1NC1CCCC(C2CC2)C1. The van der Waals surface area contributed by atoms with E-state index in [-0.39, 0.29) is 5.41 Å². The summed E-state index contributed by atoms with van der Waals surface area (Å²) in [5.41, 5.74) is 3.03. The van der Waals surface area contributed by atoms with Gasteiger partial charge in [0.2, 0.25) is 0 Å². The molecule has 2 aliphatic carbocycles. The van der Waals surface area contributed by atoms with Gasteiger partial charge in [-0.25, -0.2) is 0 Å². The zero-order valence-corrected chi connectivity index (χ0v) is 13.3. The predicted octanol–water partition coefficient (Wildman–Crippen LogP) is 5.36. The smallest absolute Gasteiger partial charge is 0.0380 e. The van der Waals surface area contributed by atoms with Crippen LogP contribution >= 0.6 is 0 Å². The monoisotopic (exact) mass is 271 g/mol. The predicted molar refractivity (Wildman–Crippen MR) is 87.2 cm³/mol. The summed E-state index contributed by atoms with van der Waals surface area (Å²) in [6, 6.07) is 9.57. The lowest BCUT2D eigenvalue weighted by atomic mass is 9.81. The summed E-state index contributed by atoms with van der Waals surface area (Å²) in [6.45, 7) is 6.92. The van der Waals surface area contributed by atoms with Crippen molar-refractivity contribution in [3.05, 3.63) is 29.8 Å². The molecule has 3 rings (SSSR count). The van der Waals surface area contributed by atoms with E-state index < -0.39 is 0 Å². The number of benzene rings is 1. The number of anilines is 1. The van der Waals surface area contributed by atoms with Crippen molar-refractivity contribution in [2.24, 2.45) is 11.8 Å². The van der Waals surface area contributed by atoms with Crippen LogP contribution in [-0.4, -0.2) is 6.04 Å². The van der Waals surface area contributed by atoms with E-state index in [1.807, 2.05) is 0 Å². The molecule has 1 N–H and O–H groups in total. The zero-order valence-electron chi connectivity index (χ0n) is 13.3. The molecule has 2 aliphatic rings. The summed E-state index contributed by atoms with van der Waals surface area (Å²) < 4.78 is 0. The third-order valence-electron chi connectivity index (χ3n) is 5.10. The first kappa shape index (κ1) is 14.0. The average Bonchev–Trinajstić information content (AvgIpc) is 3.23. The van der Waals surface area contributed by atoms with Crippen LogP contribution in [0.25, 0.3) is 0 Å². The lowest BCUT2D eigenvalue weighted by Crippen LogP contribution is -2.29. The molecule has 1 aromatic rings. The van der Waals surface area contributed by atoms with Gasteiger partial charge in [-0.15, -0.1) is 0 Å². The van der Waals surface area contributed by atoms with E-state index in [1.165, 1.54) is 49.8 Å². The summed E-state index contributed by atoms with van der Waals surface area (Å²) in [5, 5.41) is 3.87. The molecule has 0 heterocycles. The number of hydrogen-bond donors (Lipinski definition) is 1. The maximum atomic E-state index is 3.87. The highest BCUT2D eigenvalue weighted by Gasteiger charge is 2.34. The largest absolute Gasteiger partial charge is 0.382 e. The Bertz CT molecular complexity index is 453. The minimum atomic E-state index is 0.216. The van der Waals surface area contributed by atoms with Gasteiger partial charge in [0.25, 0.3) is 0 Å². The van der Waals surface area contributed by atoms with Gasteiger partial charge in [0.1, 0.15) is 0 Å². The van der Waals surface area contributed by atoms with Gasteiger partial charge < -0.3 is 5.32 Å². The van der Waals surface area contributed by atoms with Crippen LogP contribution < -0.4 is 5.32 Å². The van der Waals surface area contributed by atoms with Gasteiger partial charge in [-0.3, -0.25) is 0 Å². The molecule has 0 bridgehead atoms. The molecule has 0 spiro atoms. The summed E-state index contributed by atoms with van der Waals surface area (Å²) >= 11 is 0. The summed E-state index contributed by atoms with van der Waals surface area (Å²) in [6.07, 6.45) is 8.62. The Labute approximate surface area is 124 Å². The molecule has 0 aromatic heterocycles. The van der Waals surface area contributed by atoms with Gasteiger partial charge in [-0.05, 0) is 54.6 Å². The molecule has 2 unspecified atom stereocenters. The molecule has 1 heteroatoms. The molecule has 0 amide bonds. The maximum Gasteiger partial charge on any atom is 0.0380 e. The number of para-hydroxylation sites is 1. The van der Waals surface area contributed by atoms with Crippen molar-refractivity contribution in [2.45, 2.75) is 70.8 Å². The van der Waals surface area contributed by atoms with Crippen molar-refractivity contribution < 1.29 is 0 Å². The first-order valence-corrected chi connectivity index (χ1v) is 8.40. The van der Waals surface area contributed by atoms with Crippen LogP contribution in [0.4, 0.5) is 5.69 Å². The maximum absolute atomic E-state index is 3.87. The van der Waals surface area contributed by atoms with Gasteiger partial charge in [-0.1, -0.05) is 51.8 Å². The van der Waals surface area contributed by atoms with E-state index in [0.717, 1.165) is 11.8 Å². The second kappa shape index (κ2) is 5.42. The first-order valence-electron chi connectivity index (χ1n) is 8.40. The molecule has 0 aliphatic heterocycles. The molecular formula is C19H29N. The molecule has 0 radical (unpaired) electrons. The molecule has 2 atom stereocenters. The normalized spacial score (nSPS) is 27.4. The fourth-order valence-corrected chi connectivity index (χ4v) is 3.84. The molecule has 2 saturated carbocycles. The van der Waals surface area contributed by atoms with E-state index >= 15 is 0 Å². The van der Waals surface area contributed by atoms with Gasteiger partial charge in [0.05, 0.1) is 0 Å². The summed E-state index contributed by atoms with van der Waals surface area (Å²) in [5.74, 6) is 2.07. The second-order valence-corrected chi connectivity index (χ2v) is 7.90. The molecule has 1 nitrogen and oxygen atoms in total. The molecule has 0 saturated heterocycles. The van der Waals surface area contributed by atoms with Crippen molar-refractivity contribution in [3.8, 4) is 0 Å². The lowest BCUT2D eigenvalue weighted by molar-refractivity contribution is 0.303. The van der Waals surface area contributed by atoms with Crippen molar-refractivity contribution in [2.75, 3.05) is 5.32 Å². The topological polar surface area (TPSA) is 12.0 Å². The van der Waals surface area contributed by atoms with Crippen molar-refractivity contribution in [1.29, 1.82) is 0 Å². The Morgan fingerprint density at radius 3 is 2.40 bits per heavy atom. The third kappa shape index (κ3) is 3.19. The fraction of sp³-hybridized carbons (Fsp3) is 0.684. The third-order valence-corrected chi connectivity index (χ3v) is 5.10. The fourth-order valence-electron chi connectivity index (χ4n) is 3.84.